The number of hydrogen-bond donors (Lipinski definition) is 0. The molecule has 0 aromatic heterocycles. The molecule has 3 heteroatoms. The summed E-state index contributed by atoms with van der Waals surface area (Å²) < 4.78 is 1.08. The molecule has 0 spiro atoms. The van der Waals surface area contributed by atoms with E-state index in [1.54, 1.807) is 0 Å². The first-order chi connectivity index (χ1) is 5.25. The lowest BCUT2D eigenvalue weighted by Gasteiger charge is -2.15. The fourth-order valence-electron chi connectivity index (χ4n) is 1.06. The number of para-hydroxylation sites is 1. The fourth-order valence-corrected chi connectivity index (χ4v) is 1.71. The molecular formula is C9H14IMgN. The Balaban J connectivity index is 0.00000121. The molecule has 0 heterocycles. The molecule has 0 fully saturated rings. The topological polar surface area (TPSA) is 3.24 Å². The Labute approximate surface area is 104 Å². The van der Waals surface area contributed by atoms with Gasteiger partial charge in [0, 0.05) is 24.2 Å². The van der Waals surface area contributed by atoms with Crippen LogP contribution in [0.2, 0.25) is 0 Å². The van der Waals surface area contributed by atoms with Gasteiger partial charge in [-0.1, -0.05) is 40.8 Å². The van der Waals surface area contributed by atoms with Crippen LogP contribution in [0.4, 0.5) is 5.69 Å². The van der Waals surface area contributed by atoms with Crippen molar-refractivity contribution >= 4 is 51.3 Å². The number of alkyl halides is 1. The van der Waals surface area contributed by atoms with E-state index in [0.29, 0.717) is 0 Å². The summed E-state index contributed by atoms with van der Waals surface area (Å²) >= 11 is 2.39. The van der Waals surface area contributed by atoms with Gasteiger partial charge in [-0.3, -0.25) is 0 Å². The summed E-state index contributed by atoms with van der Waals surface area (Å²) in [5, 5.41) is 0. The molecule has 0 saturated heterocycles. The molecule has 0 aliphatic rings. The van der Waals surface area contributed by atoms with Crippen LogP contribution in [0, 0.1) is 0 Å². The monoisotopic (exact) mass is 287 g/mol. The van der Waals surface area contributed by atoms with E-state index in [4.69, 9.17) is 0 Å². The van der Waals surface area contributed by atoms with Gasteiger partial charge in [-0.2, -0.15) is 0 Å². The third kappa shape index (κ3) is 3.10. The van der Waals surface area contributed by atoms with Crippen LogP contribution in [0.25, 0.3) is 0 Å². The highest BCUT2D eigenvalue weighted by Gasteiger charge is 1.99. The van der Waals surface area contributed by atoms with Crippen molar-refractivity contribution in [2.24, 2.45) is 0 Å². The molecule has 0 amide bonds. The number of hydrogen-bond acceptors (Lipinski definition) is 1. The van der Waals surface area contributed by atoms with Gasteiger partial charge in [0.1, 0.15) is 0 Å². The summed E-state index contributed by atoms with van der Waals surface area (Å²) in [6.45, 7) is 0. The van der Waals surface area contributed by atoms with Crippen molar-refractivity contribution in [2.75, 3.05) is 19.0 Å². The Morgan fingerprint density at radius 3 is 2.25 bits per heavy atom. The summed E-state index contributed by atoms with van der Waals surface area (Å²) in [6.07, 6.45) is 0. The van der Waals surface area contributed by atoms with Crippen LogP contribution in [0.15, 0.2) is 24.3 Å². The maximum absolute atomic E-state index is 2.39. The van der Waals surface area contributed by atoms with E-state index in [0.717, 1.165) is 4.43 Å². The zero-order valence-electron chi connectivity index (χ0n) is 6.84. The van der Waals surface area contributed by atoms with E-state index in [-0.39, 0.29) is 23.1 Å². The minimum atomic E-state index is 0. The highest BCUT2D eigenvalue weighted by molar-refractivity contribution is 14.1. The number of halogens is 1. The van der Waals surface area contributed by atoms with E-state index in [2.05, 4.69) is 65.9 Å². The van der Waals surface area contributed by atoms with Gasteiger partial charge < -0.3 is 4.90 Å². The summed E-state index contributed by atoms with van der Waals surface area (Å²) in [5.74, 6) is 0. The lowest BCUT2D eigenvalue weighted by Crippen LogP contribution is -2.10. The summed E-state index contributed by atoms with van der Waals surface area (Å²) in [7, 11) is 4.15. The minimum absolute atomic E-state index is 0. The molecule has 0 aliphatic heterocycles. The van der Waals surface area contributed by atoms with E-state index in [1.807, 2.05) is 0 Å². The van der Waals surface area contributed by atoms with Gasteiger partial charge in [-0.05, 0) is 11.6 Å². The fraction of sp³-hybridized carbons (Fsp3) is 0.333. The lowest BCUT2D eigenvalue weighted by atomic mass is 10.2. The van der Waals surface area contributed by atoms with Crippen LogP contribution in [0.5, 0.6) is 0 Å². The summed E-state index contributed by atoms with van der Waals surface area (Å²) in [6, 6.07) is 8.47. The molecule has 0 bridgehead atoms. The Morgan fingerprint density at radius 1 is 1.25 bits per heavy atom. The summed E-state index contributed by atoms with van der Waals surface area (Å²) in [5.41, 5.74) is 2.72. The SMILES string of the molecule is CN(C)c1ccccc1CI.[MgH2]. The average Bonchev–Trinajstić information content (AvgIpc) is 2.04. The van der Waals surface area contributed by atoms with Gasteiger partial charge in [0.25, 0.3) is 0 Å². The van der Waals surface area contributed by atoms with Crippen molar-refractivity contribution in [1.82, 2.24) is 0 Å². The van der Waals surface area contributed by atoms with Crippen LogP contribution in [0.3, 0.4) is 0 Å². The van der Waals surface area contributed by atoms with Gasteiger partial charge in [-0.25, -0.2) is 0 Å². The Bertz CT molecular complexity index is 238. The van der Waals surface area contributed by atoms with Crippen LogP contribution >= 0.6 is 22.6 Å². The second kappa shape index (κ2) is 6.04. The zero-order chi connectivity index (χ0) is 8.27. The minimum Gasteiger partial charge on any atom is -0.377 e. The second-order valence-electron chi connectivity index (χ2n) is 2.66. The highest BCUT2D eigenvalue weighted by Crippen LogP contribution is 2.19. The molecule has 1 nitrogen and oxygen atoms in total. The van der Waals surface area contributed by atoms with Crippen LogP contribution in [-0.4, -0.2) is 37.1 Å². The predicted octanol–water partition coefficient (Wildman–Crippen LogP) is 1.77. The van der Waals surface area contributed by atoms with Crippen LogP contribution < -0.4 is 4.90 Å². The largest absolute Gasteiger partial charge is 0.377 e. The van der Waals surface area contributed by atoms with E-state index in [1.165, 1.54) is 11.3 Å². The van der Waals surface area contributed by atoms with Crippen molar-refractivity contribution in [3.05, 3.63) is 29.8 Å². The molecule has 0 saturated carbocycles. The van der Waals surface area contributed by atoms with E-state index < -0.39 is 0 Å². The maximum atomic E-state index is 2.39. The van der Waals surface area contributed by atoms with Crippen molar-refractivity contribution in [3.8, 4) is 0 Å². The van der Waals surface area contributed by atoms with Gasteiger partial charge in [-0.15, -0.1) is 0 Å². The van der Waals surface area contributed by atoms with Gasteiger partial charge in [0.2, 0.25) is 0 Å². The number of nitrogens with zero attached hydrogens (tertiary/aromatic N) is 1. The van der Waals surface area contributed by atoms with Crippen molar-refractivity contribution in [3.63, 3.8) is 0 Å². The molecule has 0 radical (unpaired) electrons. The second-order valence-corrected chi connectivity index (χ2v) is 3.42. The van der Waals surface area contributed by atoms with Crippen LogP contribution in [-0.2, 0) is 4.43 Å². The highest BCUT2D eigenvalue weighted by atomic mass is 127. The third-order valence-electron chi connectivity index (χ3n) is 1.62. The van der Waals surface area contributed by atoms with E-state index in [9.17, 15) is 0 Å². The number of rotatable bonds is 2. The molecule has 1 rings (SSSR count). The number of benzene rings is 1. The Kier molecular flexibility index (Phi) is 6.30. The molecule has 0 aliphatic carbocycles. The first-order valence-corrected chi connectivity index (χ1v) is 5.09. The molecule has 0 N–H and O–H groups in total. The van der Waals surface area contributed by atoms with Gasteiger partial charge >= 0.3 is 23.1 Å². The molecular weight excluding hydrogens is 273 g/mol. The maximum Gasteiger partial charge on any atom is 0.316 e. The molecule has 1 aromatic rings. The zero-order valence-corrected chi connectivity index (χ0v) is 9.00. The number of anilines is 1. The average molecular weight is 287 g/mol. The van der Waals surface area contributed by atoms with Crippen molar-refractivity contribution in [2.45, 2.75) is 4.43 Å². The quantitative estimate of drug-likeness (QED) is 0.455. The first kappa shape index (κ1) is 12.5. The smallest absolute Gasteiger partial charge is 0.316 e. The molecule has 1 aromatic carbocycles. The third-order valence-corrected chi connectivity index (χ3v) is 2.44. The lowest BCUT2D eigenvalue weighted by molar-refractivity contribution is 1.11. The van der Waals surface area contributed by atoms with Gasteiger partial charge in [0.15, 0.2) is 0 Å². The summed E-state index contributed by atoms with van der Waals surface area (Å²) in [4.78, 5) is 2.15. The molecule has 0 unspecified atom stereocenters. The molecule has 0 atom stereocenters. The Morgan fingerprint density at radius 2 is 1.83 bits per heavy atom. The first-order valence-electron chi connectivity index (χ1n) is 3.57. The standard InChI is InChI=1S/C9H12IN.Mg.2H/c1-11(2)9-6-4-3-5-8(9)7-10;;;/h3-6H,7H2,1-2H3;;;. The van der Waals surface area contributed by atoms with Crippen molar-refractivity contribution in [1.29, 1.82) is 0 Å². The van der Waals surface area contributed by atoms with Crippen molar-refractivity contribution < 1.29 is 0 Å². The van der Waals surface area contributed by atoms with Gasteiger partial charge in [0.05, 0.1) is 0 Å². The normalized spacial score (nSPS) is 8.92. The van der Waals surface area contributed by atoms with Crippen LogP contribution in [0.1, 0.15) is 5.56 Å². The molecule has 64 valence electrons. The van der Waals surface area contributed by atoms with E-state index >= 15 is 0 Å². The predicted molar refractivity (Wildman–Crippen MR) is 67.0 cm³/mol. The molecule has 12 heavy (non-hydrogen) atoms. The Hall–Kier alpha value is 0.516.